The van der Waals surface area contributed by atoms with Crippen molar-refractivity contribution in [2.75, 3.05) is 18.5 Å². The minimum Gasteiger partial charge on any atom is -0.297 e. The second kappa shape index (κ2) is 4.33. The van der Waals surface area contributed by atoms with Gasteiger partial charge in [0.15, 0.2) is 0 Å². The second-order valence-corrected chi connectivity index (χ2v) is 4.86. The normalized spacial score (nSPS) is 14.8. The molecule has 0 aliphatic carbocycles. The van der Waals surface area contributed by atoms with E-state index in [1.165, 1.54) is 10.3 Å². The van der Waals surface area contributed by atoms with Crippen LogP contribution in [0.4, 0.5) is 5.69 Å². The van der Waals surface area contributed by atoms with E-state index >= 15 is 0 Å². The van der Waals surface area contributed by atoms with Crippen LogP contribution in [0.1, 0.15) is 12.5 Å². The van der Waals surface area contributed by atoms with Crippen molar-refractivity contribution in [2.45, 2.75) is 13.3 Å². The number of benzene rings is 1. The standard InChI is InChI=1S/C12H14N4S/c1-2-9-10(15-16-6-5-13-7-16)3-4-11-12(9)14-8-17-11/h3-4,7-8,15H,2,5-6H2,1H3. The summed E-state index contributed by atoms with van der Waals surface area (Å²) in [6.45, 7) is 3.96. The molecule has 3 rings (SSSR count). The number of aromatic nitrogens is 1. The van der Waals surface area contributed by atoms with Gasteiger partial charge in [-0.2, -0.15) is 0 Å². The van der Waals surface area contributed by atoms with Gasteiger partial charge in [0.2, 0.25) is 0 Å². The molecule has 0 saturated heterocycles. The Morgan fingerprint density at radius 2 is 2.41 bits per heavy atom. The summed E-state index contributed by atoms with van der Waals surface area (Å²) in [7, 11) is 0. The smallest absolute Gasteiger partial charge is 0.104 e. The Morgan fingerprint density at radius 3 is 3.18 bits per heavy atom. The number of aliphatic imine (C=N–C) groups is 1. The molecule has 0 saturated carbocycles. The van der Waals surface area contributed by atoms with Gasteiger partial charge in [-0.15, -0.1) is 11.3 Å². The van der Waals surface area contributed by atoms with Gasteiger partial charge in [-0.3, -0.25) is 15.4 Å². The van der Waals surface area contributed by atoms with E-state index in [2.05, 4.69) is 34.5 Å². The van der Waals surface area contributed by atoms with Crippen LogP contribution in [-0.2, 0) is 6.42 Å². The lowest BCUT2D eigenvalue weighted by molar-refractivity contribution is 0.556. The van der Waals surface area contributed by atoms with Crippen LogP contribution in [0.5, 0.6) is 0 Å². The minimum absolute atomic E-state index is 0.868. The second-order valence-electron chi connectivity index (χ2n) is 3.97. The highest BCUT2D eigenvalue weighted by molar-refractivity contribution is 7.16. The highest BCUT2D eigenvalue weighted by Gasteiger charge is 2.11. The van der Waals surface area contributed by atoms with Crippen LogP contribution >= 0.6 is 11.3 Å². The van der Waals surface area contributed by atoms with Crippen LogP contribution in [0.15, 0.2) is 22.6 Å². The maximum Gasteiger partial charge on any atom is 0.104 e. The summed E-state index contributed by atoms with van der Waals surface area (Å²) in [5, 5.41) is 2.02. The number of anilines is 1. The zero-order valence-electron chi connectivity index (χ0n) is 9.68. The SMILES string of the molecule is CCc1c(NN2C=NCC2)ccc2scnc12. The fourth-order valence-electron chi connectivity index (χ4n) is 2.07. The Kier molecular flexibility index (Phi) is 2.68. The Morgan fingerprint density at radius 1 is 1.47 bits per heavy atom. The van der Waals surface area contributed by atoms with Crippen molar-refractivity contribution in [3.8, 4) is 0 Å². The number of hydrazine groups is 1. The monoisotopic (exact) mass is 246 g/mol. The molecule has 0 unspecified atom stereocenters. The van der Waals surface area contributed by atoms with Crippen molar-refractivity contribution in [3.05, 3.63) is 23.2 Å². The van der Waals surface area contributed by atoms with Gasteiger partial charge in [0.1, 0.15) is 6.34 Å². The van der Waals surface area contributed by atoms with Gasteiger partial charge >= 0.3 is 0 Å². The molecule has 88 valence electrons. The number of hydrogen-bond donors (Lipinski definition) is 1. The van der Waals surface area contributed by atoms with E-state index in [0.717, 1.165) is 30.7 Å². The predicted molar refractivity (Wildman–Crippen MR) is 72.7 cm³/mol. The molecule has 2 aromatic rings. The highest BCUT2D eigenvalue weighted by atomic mass is 32.1. The first kappa shape index (κ1) is 10.5. The molecule has 0 amide bonds. The summed E-state index contributed by atoms with van der Waals surface area (Å²) < 4.78 is 1.25. The van der Waals surface area contributed by atoms with E-state index in [9.17, 15) is 0 Å². The molecule has 1 aliphatic heterocycles. The third kappa shape index (κ3) is 1.86. The lowest BCUT2D eigenvalue weighted by Crippen LogP contribution is -2.27. The zero-order chi connectivity index (χ0) is 11.7. The molecule has 1 N–H and O–H groups in total. The summed E-state index contributed by atoms with van der Waals surface area (Å²) in [5.41, 5.74) is 8.84. The van der Waals surface area contributed by atoms with Crippen molar-refractivity contribution >= 4 is 33.6 Å². The van der Waals surface area contributed by atoms with Gasteiger partial charge in [0.05, 0.1) is 34.5 Å². The number of hydrogen-bond acceptors (Lipinski definition) is 5. The van der Waals surface area contributed by atoms with E-state index in [1.54, 1.807) is 11.3 Å². The van der Waals surface area contributed by atoms with E-state index < -0.39 is 0 Å². The number of thiazole rings is 1. The average Bonchev–Trinajstić information content (AvgIpc) is 2.98. The summed E-state index contributed by atoms with van der Waals surface area (Å²) in [6.07, 6.45) is 2.83. The molecule has 0 spiro atoms. The van der Waals surface area contributed by atoms with Gasteiger partial charge in [-0.05, 0) is 18.6 Å². The molecule has 0 fully saturated rings. The first-order valence-corrected chi connectivity index (χ1v) is 6.65. The predicted octanol–water partition coefficient (Wildman–Crippen LogP) is 2.53. The molecule has 1 aliphatic rings. The Bertz CT molecular complexity index is 561. The van der Waals surface area contributed by atoms with E-state index in [-0.39, 0.29) is 0 Å². The van der Waals surface area contributed by atoms with Crippen LogP contribution in [0, 0.1) is 0 Å². The molecule has 5 heteroatoms. The van der Waals surface area contributed by atoms with Crippen LogP contribution in [0.2, 0.25) is 0 Å². The summed E-state index contributed by atoms with van der Waals surface area (Å²) in [5.74, 6) is 0. The molecular weight excluding hydrogens is 232 g/mol. The quantitative estimate of drug-likeness (QED) is 0.904. The van der Waals surface area contributed by atoms with Gasteiger partial charge in [0, 0.05) is 5.56 Å². The van der Waals surface area contributed by atoms with Crippen LogP contribution in [0.3, 0.4) is 0 Å². The maximum absolute atomic E-state index is 4.45. The van der Waals surface area contributed by atoms with Gasteiger partial charge in [-0.1, -0.05) is 6.92 Å². The van der Waals surface area contributed by atoms with Crippen molar-refractivity contribution < 1.29 is 0 Å². The first-order chi connectivity index (χ1) is 8.38. The first-order valence-electron chi connectivity index (χ1n) is 5.77. The molecule has 0 bridgehead atoms. The Hall–Kier alpha value is -1.62. The number of nitrogens with zero attached hydrogens (tertiary/aromatic N) is 3. The molecular formula is C12H14N4S. The Balaban J connectivity index is 1.99. The van der Waals surface area contributed by atoms with Crippen molar-refractivity contribution in [2.24, 2.45) is 4.99 Å². The molecule has 1 aromatic heterocycles. The third-order valence-corrected chi connectivity index (χ3v) is 3.71. The molecule has 0 atom stereocenters. The topological polar surface area (TPSA) is 40.5 Å². The lowest BCUT2D eigenvalue weighted by atomic mass is 10.1. The summed E-state index contributed by atoms with van der Waals surface area (Å²) >= 11 is 1.69. The minimum atomic E-state index is 0.868. The molecule has 17 heavy (non-hydrogen) atoms. The van der Waals surface area contributed by atoms with E-state index in [4.69, 9.17) is 0 Å². The van der Waals surface area contributed by atoms with Crippen molar-refractivity contribution in [1.82, 2.24) is 9.99 Å². The summed E-state index contributed by atoms with van der Waals surface area (Å²) in [4.78, 5) is 8.64. The van der Waals surface area contributed by atoms with Gasteiger partial charge in [-0.25, -0.2) is 4.98 Å². The number of fused-ring (bicyclic) bond motifs is 1. The van der Waals surface area contributed by atoms with Gasteiger partial charge < -0.3 is 0 Å². The number of rotatable bonds is 3. The zero-order valence-corrected chi connectivity index (χ0v) is 10.5. The van der Waals surface area contributed by atoms with E-state index in [1.807, 2.05) is 16.9 Å². The molecule has 0 radical (unpaired) electrons. The number of aryl methyl sites for hydroxylation is 1. The number of nitrogens with one attached hydrogen (secondary N) is 1. The van der Waals surface area contributed by atoms with Crippen LogP contribution < -0.4 is 5.43 Å². The van der Waals surface area contributed by atoms with Crippen molar-refractivity contribution in [3.63, 3.8) is 0 Å². The molecule has 4 nitrogen and oxygen atoms in total. The van der Waals surface area contributed by atoms with Gasteiger partial charge in [0.25, 0.3) is 0 Å². The van der Waals surface area contributed by atoms with Crippen molar-refractivity contribution in [1.29, 1.82) is 0 Å². The molecule has 2 heterocycles. The largest absolute Gasteiger partial charge is 0.297 e. The Labute approximate surface area is 104 Å². The van der Waals surface area contributed by atoms with E-state index in [0.29, 0.717) is 0 Å². The lowest BCUT2D eigenvalue weighted by Gasteiger charge is -2.19. The van der Waals surface area contributed by atoms with Crippen LogP contribution in [0.25, 0.3) is 10.2 Å². The summed E-state index contributed by atoms with van der Waals surface area (Å²) in [6, 6.07) is 4.26. The maximum atomic E-state index is 4.45. The fourth-order valence-corrected chi connectivity index (χ4v) is 2.77. The molecule has 1 aromatic carbocycles. The van der Waals surface area contributed by atoms with Crippen LogP contribution in [-0.4, -0.2) is 29.4 Å². The highest BCUT2D eigenvalue weighted by Crippen LogP contribution is 2.28. The third-order valence-electron chi connectivity index (χ3n) is 2.92. The fraction of sp³-hybridized carbons (Fsp3) is 0.333. The average molecular weight is 246 g/mol.